The number of hydrogen-bond donors (Lipinski definition) is 4. The summed E-state index contributed by atoms with van der Waals surface area (Å²) in [5.74, 6) is 0.901. The Bertz CT molecular complexity index is 1050. The van der Waals surface area contributed by atoms with Crippen LogP contribution < -0.4 is 20.9 Å². The fraction of sp³-hybridized carbons (Fsp3) is 0.391. The molecule has 1 aromatic carbocycles. The summed E-state index contributed by atoms with van der Waals surface area (Å²) in [5, 5.41) is 16.4. The molecule has 0 unspecified atom stereocenters. The van der Waals surface area contributed by atoms with Crippen LogP contribution in [0.2, 0.25) is 0 Å². The monoisotopic (exact) mass is 432 g/mol. The molecule has 1 saturated heterocycles. The molecule has 2 aliphatic rings. The molecule has 32 heavy (non-hydrogen) atoms. The van der Waals surface area contributed by atoms with E-state index in [1.165, 1.54) is 25.7 Å². The third-order valence-electron chi connectivity index (χ3n) is 6.20. The molecule has 0 spiro atoms. The minimum atomic E-state index is -0.259. The molecule has 1 aliphatic heterocycles. The van der Waals surface area contributed by atoms with Gasteiger partial charge in [0.2, 0.25) is 0 Å². The molecule has 1 saturated carbocycles. The van der Waals surface area contributed by atoms with Crippen molar-refractivity contribution in [3.05, 3.63) is 54.2 Å². The van der Waals surface area contributed by atoms with Crippen LogP contribution in [0.15, 0.2) is 42.9 Å². The van der Waals surface area contributed by atoms with Crippen molar-refractivity contribution < 1.29 is 4.79 Å². The lowest BCUT2D eigenvalue weighted by molar-refractivity contribution is 0.102. The van der Waals surface area contributed by atoms with Gasteiger partial charge < -0.3 is 20.9 Å². The fourth-order valence-corrected chi connectivity index (χ4v) is 4.45. The Morgan fingerprint density at radius 3 is 2.62 bits per heavy atom. The molecule has 0 radical (unpaired) electrons. The van der Waals surface area contributed by atoms with Crippen LogP contribution in [0, 0.1) is 0 Å². The second kappa shape index (κ2) is 9.35. The number of amides is 1. The zero-order valence-electron chi connectivity index (χ0n) is 18.0. The standard InChI is InChI=1S/C23H28N8O/c32-23(28-17-5-7-18(8-6-17)31-11-9-24-10-12-31)22-20(14-27-30-22)29-21-13-19(25-15-26-21)16-3-1-2-4-16/h5-8,13-16,24H,1-4,9-12H2,(H,27,30)(H,28,32)(H,25,26,29). The lowest BCUT2D eigenvalue weighted by atomic mass is 10.0. The van der Waals surface area contributed by atoms with Crippen molar-refractivity contribution in [3.63, 3.8) is 0 Å². The molecule has 2 aromatic heterocycles. The van der Waals surface area contributed by atoms with Crippen molar-refractivity contribution in [1.82, 2.24) is 25.5 Å². The highest BCUT2D eigenvalue weighted by atomic mass is 16.2. The second-order valence-electron chi connectivity index (χ2n) is 8.33. The summed E-state index contributed by atoms with van der Waals surface area (Å²) in [6.45, 7) is 3.95. The summed E-state index contributed by atoms with van der Waals surface area (Å²) >= 11 is 0. The predicted molar refractivity (Wildman–Crippen MR) is 125 cm³/mol. The summed E-state index contributed by atoms with van der Waals surface area (Å²) in [6, 6.07) is 9.91. The summed E-state index contributed by atoms with van der Waals surface area (Å²) in [4.78, 5) is 24.0. The van der Waals surface area contributed by atoms with Gasteiger partial charge in [0.15, 0.2) is 0 Å². The molecule has 1 aliphatic carbocycles. The van der Waals surface area contributed by atoms with Gasteiger partial charge in [0.25, 0.3) is 5.91 Å². The number of aromatic nitrogens is 4. The molecule has 3 aromatic rings. The SMILES string of the molecule is O=C(Nc1ccc(N2CCNCC2)cc1)c1[nH]ncc1Nc1cc(C2CCCC2)ncn1. The first kappa shape index (κ1) is 20.4. The largest absolute Gasteiger partial charge is 0.369 e. The van der Waals surface area contributed by atoms with Crippen LogP contribution in [0.5, 0.6) is 0 Å². The number of piperazine rings is 1. The Morgan fingerprint density at radius 2 is 1.84 bits per heavy atom. The van der Waals surface area contributed by atoms with Crippen molar-refractivity contribution in [2.75, 3.05) is 41.7 Å². The van der Waals surface area contributed by atoms with Gasteiger partial charge in [-0.1, -0.05) is 12.8 Å². The molecule has 4 N–H and O–H groups in total. The van der Waals surface area contributed by atoms with Gasteiger partial charge in [-0.05, 0) is 37.1 Å². The maximum absolute atomic E-state index is 12.9. The topological polar surface area (TPSA) is 111 Å². The number of hydrogen-bond acceptors (Lipinski definition) is 7. The highest BCUT2D eigenvalue weighted by Gasteiger charge is 2.20. The van der Waals surface area contributed by atoms with Crippen molar-refractivity contribution in [2.45, 2.75) is 31.6 Å². The number of nitrogens with zero attached hydrogens (tertiary/aromatic N) is 4. The quantitative estimate of drug-likeness (QED) is 0.473. The van der Waals surface area contributed by atoms with Gasteiger partial charge in [0, 0.05) is 55.2 Å². The molecule has 9 nitrogen and oxygen atoms in total. The first-order valence-corrected chi connectivity index (χ1v) is 11.3. The minimum absolute atomic E-state index is 0.259. The van der Waals surface area contributed by atoms with E-state index >= 15 is 0 Å². The van der Waals surface area contributed by atoms with Crippen molar-refractivity contribution in [2.24, 2.45) is 0 Å². The van der Waals surface area contributed by atoms with Crippen molar-refractivity contribution >= 4 is 28.8 Å². The normalized spacial score (nSPS) is 16.8. The Labute approximate surface area is 187 Å². The highest BCUT2D eigenvalue weighted by molar-refractivity contribution is 6.06. The van der Waals surface area contributed by atoms with Gasteiger partial charge in [0.1, 0.15) is 17.8 Å². The predicted octanol–water partition coefficient (Wildman–Crippen LogP) is 3.26. The third kappa shape index (κ3) is 4.57. The van der Waals surface area contributed by atoms with Gasteiger partial charge in [-0.25, -0.2) is 9.97 Å². The first-order valence-electron chi connectivity index (χ1n) is 11.3. The third-order valence-corrected chi connectivity index (χ3v) is 6.20. The molecule has 166 valence electrons. The van der Waals surface area contributed by atoms with Crippen LogP contribution in [-0.2, 0) is 0 Å². The van der Waals surface area contributed by atoms with E-state index in [0.717, 1.165) is 43.2 Å². The molecule has 9 heteroatoms. The Balaban J connectivity index is 1.25. The number of carbonyl (C=O) groups excluding carboxylic acids is 1. The van der Waals surface area contributed by atoms with Crippen LogP contribution in [0.4, 0.5) is 22.9 Å². The second-order valence-corrected chi connectivity index (χ2v) is 8.33. The van der Waals surface area contributed by atoms with Gasteiger partial charge in [-0.3, -0.25) is 9.89 Å². The number of benzene rings is 1. The Hall–Kier alpha value is -3.46. The first-order chi connectivity index (χ1) is 15.8. The van der Waals surface area contributed by atoms with Crippen molar-refractivity contribution in [3.8, 4) is 0 Å². The zero-order chi connectivity index (χ0) is 21.8. The number of nitrogens with one attached hydrogen (secondary N) is 4. The lowest BCUT2D eigenvalue weighted by Gasteiger charge is -2.29. The molecule has 5 rings (SSSR count). The smallest absolute Gasteiger partial charge is 0.275 e. The molecule has 0 bridgehead atoms. The molecular weight excluding hydrogens is 404 g/mol. The number of H-pyrrole nitrogens is 1. The molecule has 1 amide bonds. The van der Waals surface area contributed by atoms with E-state index in [-0.39, 0.29) is 5.91 Å². The number of carbonyl (C=O) groups is 1. The fourth-order valence-electron chi connectivity index (χ4n) is 4.45. The average molecular weight is 433 g/mol. The summed E-state index contributed by atoms with van der Waals surface area (Å²) in [5.41, 5.74) is 3.89. The number of rotatable bonds is 6. The van der Waals surface area contributed by atoms with Gasteiger partial charge in [0.05, 0.1) is 11.9 Å². The van der Waals surface area contributed by atoms with E-state index < -0.39 is 0 Å². The Kier molecular flexibility index (Phi) is 5.98. The molecule has 0 atom stereocenters. The van der Waals surface area contributed by atoms with E-state index in [2.05, 4.69) is 41.0 Å². The summed E-state index contributed by atoms with van der Waals surface area (Å²) in [7, 11) is 0. The average Bonchev–Trinajstić information content (AvgIpc) is 3.53. The van der Waals surface area contributed by atoms with Crippen LogP contribution in [-0.4, -0.2) is 52.3 Å². The number of anilines is 4. The van der Waals surface area contributed by atoms with E-state index in [4.69, 9.17) is 0 Å². The van der Waals surface area contributed by atoms with E-state index in [0.29, 0.717) is 23.1 Å². The van der Waals surface area contributed by atoms with Gasteiger partial charge in [-0.15, -0.1) is 0 Å². The van der Waals surface area contributed by atoms with Crippen LogP contribution in [0.3, 0.4) is 0 Å². The molecule has 3 heterocycles. The van der Waals surface area contributed by atoms with Gasteiger partial charge >= 0.3 is 0 Å². The van der Waals surface area contributed by atoms with E-state index in [1.54, 1.807) is 12.5 Å². The van der Waals surface area contributed by atoms with Crippen LogP contribution >= 0.6 is 0 Å². The number of aromatic amines is 1. The van der Waals surface area contributed by atoms with Crippen molar-refractivity contribution in [1.29, 1.82) is 0 Å². The van der Waals surface area contributed by atoms with E-state index in [1.807, 2.05) is 30.3 Å². The Morgan fingerprint density at radius 1 is 1.06 bits per heavy atom. The van der Waals surface area contributed by atoms with Gasteiger partial charge in [-0.2, -0.15) is 5.10 Å². The summed E-state index contributed by atoms with van der Waals surface area (Å²) < 4.78 is 0. The zero-order valence-corrected chi connectivity index (χ0v) is 18.0. The highest BCUT2D eigenvalue weighted by Crippen LogP contribution is 2.33. The van der Waals surface area contributed by atoms with E-state index in [9.17, 15) is 4.79 Å². The summed E-state index contributed by atoms with van der Waals surface area (Å²) in [6.07, 6.45) is 8.02. The maximum atomic E-state index is 12.9. The minimum Gasteiger partial charge on any atom is -0.369 e. The lowest BCUT2D eigenvalue weighted by Crippen LogP contribution is -2.43. The maximum Gasteiger partial charge on any atom is 0.275 e. The molecular formula is C23H28N8O. The van der Waals surface area contributed by atoms with Crippen LogP contribution in [0.1, 0.15) is 47.8 Å². The molecule has 2 fully saturated rings. The van der Waals surface area contributed by atoms with Crippen LogP contribution in [0.25, 0.3) is 0 Å².